The summed E-state index contributed by atoms with van der Waals surface area (Å²) < 4.78 is 4.67. The maximum absolute atomic E-state index is 4.67. The van der Waals surface area contributed by atoms with Gasteiger partial charge in [-0.25, -0.2) is 0 Å². The molecule has 0 N–H and O–H groups in total. The van der Waals surface area contributed by atoms with Crippen molar-refractivity contribution >= 4 is 18.4 Å². The van der Waals surface area contributed by atoms with E-state index in [0.29, 0.717) is 0 Å². The maximum atomic E-state index is 4.67. The Bertz CT molecular complexity index is 39.8. The van der Waals surface area contributed by atoms with Crippen LogP contribution in [0.25, 0.3) is 0 Å². The zero-order valence-electron chi connectivity index (χ0n) is 3.81. The van der Waals surface area contributed by atoms with Crippen LogP contribution < -0.4 is 0 Å². The summed E-state index contributed by atoms with van der Waals surface area (Å²) in [4.78, 5) is 0. The Morgan fingerprint density at radius 2 is 2.50 bits per heavy atom. The first-order valence-corrected chi connectivity index (χ1v) is 2.44. The van der Waals surface area contributed by atoms with Crippen molar-refractivity contribution in [3.8, 4) is 0 Å². The quantitative estimate of drug-likeness (QED) is 0.390. The standard InChI is InChI=1S/C3H7BOS/c1-2-3-5-4-6/h2-3H2,1H3. The van der Waals surface area contributed by atoms with Crippen LogP contribution in [0, 0.1) is 0 Å². The first-order chi connectivity index (χ1) is 2.91. The van der Waals surface area contributed by atoms with Gasteiger partial charge in [-0.3, -0.25) is 0 Å². The molecule has 0 unspecified atom stereocenters. The van der Waals surface area contributed by atoms with E-state index in [-0.39, 0.29) is 0 Å². The molecule has 0 saturated heterocycles. The Labute approximate surface area is 43.8 Å². The van der Waals surface area contributed by atoms with Crippen LogP contribution in [0.5, 0.6) is 0 Å². The number of hydrogen-bond acceptors (Lipinski definition) is 2. The van der Waals surface area contributed by atoms with Gasteiger partial charge in [0, 0.05) is 0 Å². The van der Waals surface area contributed by atoms with E-state index in [2.05, 4.69) is 16.7 Å². The van der Waals surface area contributed by atoms with Crippen molar-refractivity contribution in [3.05, 3.63) is 0 Å². The van der Waals surface area contributed by atoms with Crippen LogP contribution in [0.15, 0.2) is 0 Å². The fourth-order valence-corrected chi connectivity index (χ4v) is 0.262. The second kappa shape index (κ2) is 5.08. The van der Waals surface area contributed by atoms with Crippen LogP contribution in [0.4, 0.5) is 0 Å². The van der Waals surface area contributed by atoms with Crippen LogP contribution in [-0.4, -0.2) is 13.0 Å². The molecule has 0 aromatic heterocycles. The average molecular weight is 102 g/mol. The summed E-state index contributed by atoms with van der Waals surface area (Å²) in [5.41, 5.74) is 0. The Hall–Kier alpha value is 0.0849. The van der Waals surface area contributed by atoms with Gasteiger partial charge in [0.15, 0.2) is 0 Å². The van der Waals surface area contributed by atoms with Gasteiger partial charge in [0.2, 0.25) is 0 Å². The van der Waals surface area contributed by atoms with Gasteiger partial charge in [-0.05, 0) is 0 Å². The van der Waals surface area contributed by atoms with Crippen molar-refractivity contribution in [1.82, 2.24) is 0 Å². The predicted molar refractivity (Wildman–Crippen MR) is 29.6 cm³/mol. The summed E-state index contributed by atoms with van der Waals surface area (Å²) >= 11 is 4.37. The second-order valence-electron chi connectivity index (χ2n) is 0.967. The molecule has 0 aliphatic rings. The van der Waals surface area contributed by atoms with E-state index in [4.69, 9.17) is 0 Å². The van der Waals surface area contributed by atoms with Crippen molar-refractivity contribution in [2.24, 2.45) is 0 Å². The third-order valence-corrected chi connectivity index (χ3v) is 0.526. The van der Waals surface area contributed by atoms with Gasteiger partial charge < -0.3 is 0 Å². The zero-order chi connectivity index (χ0) is 4.83. The summed E-state index contributed by atoms with van der Waals surface area (Å²) in [6, 6.07) is 0. The topological polar surface area (TPSA) is 9.23 Å². The van der Waals surface area contributed by atoms with E-state index in [0.717, 1.165) is 13.0 Å². The van der Waals surface area contributed by atoms with Gasteiger partial charge >= 0.3 is 43.0 Å². The van der Waals surface area contributed by atoms with Crippen molar-refractivity contribution in [2.45, 2.75) is 13.3 Å². The molecule has 0 bridgehead atoms. The molecular formula is C3H7BOS. The molecule has 0 rings (SSSR count). The van der Waals surface area contributed by atoms with E-state index in [9.17, 15) is 0 Å². The van der Waals surface area contributed by atoms with Crippen LogP contribution >= 0.6 is 12.1 Å². The first kappa shape index (κ1) is 6.08. The van der Waals surface area contributed by atoms with Gasteiger partial charge in [-0.1, -0.05) is 0 Å². The minimum absolute atomic E-state index is 0.753. The molecular weight excluding hydrogens is 94.9 g/mol. The van der Waals surface area contributed by atoms with Crippen molar-refractivity contribution in [2.75, 3.05) is 6.61 Å². The summed E-state index contributed by atoms with van der Waals surface area (Å²) in [5, 5.41) is 0. The van der Waals surface area contributed by atoms with E-state index in [1.54, 1.807) is 0 Å². The molecule has 0 fully saturated rings. The molecule has 0 heterocycles. The van der Waals surface area contributed by atoms with Crippen LogP contribution in [-0.2, 0) is 4.65 Å². The number of hydrogen-bond donors (Lipinski definition) is 0. The van der Waals surface area contributed by atoms with Crippen LogP contribution in [0.1, 0.15) is 13.3 Å². The Kier molecular flexibility index (Phi) is 5.16. The first-order valence-electron chi connectivity index (χ1n) is 1.97. The molecule has 0 spiro atoms. The van der Waals surface area contributed by atoms with Crippen molar-refractivity contribution < 1.29 is 4.65 Å². The van der Waals surface area contributed by atoms with Crippen molar-refractivity contribution in [1.29, 1.82) is 0 Å². The summed E-state index contributed by atoms with van der Waals surface area (Å²) in [7, 11) is 0. The number of rotatable bonds is 3. The van der Waals surface area contributed by atoms with Gasteiger partial charge in [-0.2, -0.15) is 0 Å². The molecule has 0 atom stereocenters. The second-order valence-corrected chi connectivity index (χ2v) is 1.16. The van der Waals surface area contributed by atoms with E-state index in [1.807, 2.05) is 6.92 Å². The Balaban J connectivity index is 2.49. The van der Waals surface area contributed by atoms with Crippen molar-refractivity contribution in [3.63, 3.8) is 0 Å². The molecule has 6 heavy (non-hydrogen) atoms. The molecule has 0 aliphatic heterocycles. The molecule has 1 nitrogen and oxygen atoms in total. The van der Waals surface area contributed by atoms with Gasteiger partial charge in [0.1, 0.15) is 0 Å². The summed E-state index contributed by atoms with van der Waals surface area (Å²) in [6.45, 7) is 2.79. The van der Waals surface area contributed by atoms with E-state index in [1.165, 1.54) is 6.36 Å². The molecule has 0 amide bonds. The Morgan fingerprint density at radius 1 is 1.83 bits per heavy atom. The SMILES string of the molecule is CCCOB=S. The molecule has 0 saturated carbocycles. The van der Waals surface area contributed by atoms with E-state index < -0.39 is 0 Å². The predicted octanol–water partition coefficient (Wildman–Crippen LogP) is 1.14. The molecule has 0 radical (unpaired) electrons. The molecule has 0 aliphatic carbocycles. The third kappa shape index (κ3) is 4.08. The fraction of sp³-hybridized carbons (Fsp3) is 1.00. The van der Waals surface area contributed by atoms with Gasteiger partial charge in [-0.15, -0.1) is 0 Å². The monoisotopic (exact) mass is 102 g/mol. The molecule has 0 aromatic rings. The molecule has 3 heteroatoms. The molecule has 34 valence electrons. The Morgan fingerprint density at radius 3 is 2.67 bits per heavy atom. The minimum atomic E-state index is 0.753. The van der Waals surface area contributed by atoms with Gasteiger partial charge in [0.25, 0.3) is 0 Å². The third-order valence-electron chi connectivity index (χ3n) is 0.390. The normalized spacial score (nSPS) is 6.83. The summed E-state index contributed by atoms with van der Waals surface area (Å²) in [5.74, 6) is 0. The molecule has 0 aromatic carbocycles. The fourth-order valence-electron chi connectivity index (χ4n) is 0.166. The van der Waals surface area contributed by atoms with Crippen LogP contribution in [0.3, 0.4) is 0 Å². The van der Waals surface area contributed by atoms with E-state index >= 15 is 0 Å². The van der Waals surface area contributed by atoms with Crippen LogP contribution in [0.2, 0.25) is 0 Å². The summed E-state index contributed by atoms with van der Waals surface area (Å²) in [6.07, 6.45) is 2.33. The zero-order valence-corrected chi connectivity index (χ0v) is 4.62. The average Bonchev–Trinajstić information content (AvgIpc) is 1.61. The van der Waals surface area contributed by atoms with Gasteiger partial charge in [0.05, 0.1) is 0 Å².